The maximum absolute atomic E-state index is 12.8. The molecule has 0 unspecified atom stereocenters. The van der Waals surface area contributed by atoms with E-state index in [1.54, 1.807) is 16.4 Å². The van der Waals surface area contributed by atoms with Crippen LogP contribution in [0.5, 0.6) is 0 Å². The molecule has 0 saturated heterocycles. The van der Waals surface area contributed by atoms with Crippen molar-refractivity contribution in [3.63, 3.8) is 0 Å². The molecule has 2 aliphatic rings. The van der Waals surface area contributed by atoms with Crippen LogP contribution < -0.4 is 10.6 Å². The Hall–Kier alpha value is -2.28. The predicted octanol–water partition coefficient (Wildman–Crippen LogP) is 4.20. The zero-order valence-corrected chi connectivity index (χ0v) is 18.9. The quantitative estimate of drug-likeness (QED) is 0.722. The van der Waals surface area contributed by atoms with E-state index in [4.69, 9.17) is 5.10 Å². The van der Waals surface area contributed by atoms with Gasteiger partial charge in [0.2, 0.25) is 0 Å². The van der Waals surface area contributed by atoms with E-state index in [-0.39, 0.29) is 11.5 Å². The molecule has 1 fully saturated rings. The molecule has 2 amide bonds. The molecular formula is C23H30N4O2S. The van der Waals surface area contributed by atoms with Crippen LogP contribution >= 0.6 is 11.8 Å². The molecule has 2 heterocycles. The number of amides is 2. The smallest absolute Gasteiger partial charge is 0.314 e. The van der Waals surface area contributed by atoms with Gasteiger partial charge in [0.25, 0.3) is 0 Å². The lowest BCUT2D eigenvalue weighted by atomic mass is 9.70. The summed E-state index contributed by atoms with van der Waals surface area (Å²) in [6.07, 6.45) is 2.95. The lowest BCUT2D eigenvalue weighted by Gasteiger charge is -2.39. The summed E-state index contributed by atoms with van der Waals surface area (Å²) in [5.41, 5.74) is 4.15. The van der Waals surface area contributed by atoms with Crippen molar-refractivity contribution in [2.45, 2.75) is 64.5 Å². The Morgan fingerprint density at radius 1 is 1.20 bits per heavy atom. The van der Waals surface area contributed by atoms with Crippen molar-refractivity contribution >= 4 is 29.4 Å². The van der Waals surface area contributed by atoms with Crippen molar-refractivity contribution in [1.82, 2.24) is 15.1 Å². The third-order valence-corrected chi connectivity index (χ3v) is 6.93. The van der Waals surface area contributed by atoms with Gasteiger partial charge in [-0.25, -0.2) is 4.68 Å². The van der Waals surface area contributed by atoms with Crippen molar-refractivity contribution in [1.29, 1.82) is 0 Å². The maximum atomic E-state index is 12.8. The number of rotatable bonds is 3. The van der Waals surface area contributed by atoms with Crippen LogP contribution in [0.2, 0.25) is 0 Å². The molecule has 6 nitrogen and oxygen atoms in total. The van der Waals surface area contributed by atoms with Crippen LogP contribution in [0.15, 0.2) is 24.3 Å². The zero-order chi connectivity index (χ0) is 21.5. The summed E-state index contributed by atoms with van der Waals surface area (Å²) in [5.74, 6) is 1.55. The molecule has 2 atom stereocenters. The molecule has 2 aromatic rings. The van der Waals surface area contributed by atoms with Crippen LogP contribution in [0.4, 0.5) is 5.82 Å². The van der Waals surface area contributed by atoms with Crippen molar-refractivity contribution in [2.24, 2.45) is 11.3 Å². The number of hydrogen-bond donors (Lipinski definition) is 2. The average molecular weight is 427 g/mol. The van der Waals surface area contributed by atoms with Crippen LogP contribution in [-0.2, 0) is 21.1 Å². The maximum Gasteiger partial charge on any atom is 0.314 e. The summed E-state index contributed by atoms with van der Waals surface area (Å²) in [7, 11) is 0. The minimum absolute atomic E-state index is 0.0324. The fraction of sp³-hybridized carbons (Fsp3) is 0.522. The van der Waals surface area contributed by atoms with Gasteiger partial charge in [-0.15, -0.1) is 0 Å². The highest BCUT2D eigenvalue weighted by Gasteiger charge is 2.34. The first-order valence-electron chi connectivity index (χ1n) is 10.6. The van der Waals surface area contributed by atoms with Gasteiger partial charge in [0.15, 0.2) is 0 Å². The summed E-state index contributed by atoms with van der Waals surface area (Å²) in [4.78, 5) is 25.5. The topological polar surface area (TPSA) is 76.0 Å². The highest BCUT2D eigenvalue weighted by atomic mass is 32.2. The first-order valence-corrected chi connectivity index (χ1v) is 11.7. The van der Waals surface area contributed by atoms with Crippen LogP contribution in [-0.4, -0.2) is 27.6 Å². The Labute approximate surface area is 182 Å². The number of hydrogen-bond acceptors (Lipinski definition) is 4. The van der Waals surface area contributed by atoms with Crippen LogP contribution in [0, 0.1) is 18.3 Å². The molecule has 1 aliphatic heterocycles. The summed E-state index contributed by atoms with van der Waals surface area (Å²) in [6, 6.07) is 8.01. The number of thioether (sulfide) groups is 1. The number of nitrogens with zero attached hydrogens (tertiary/aromatic N) is 2. The van der Waals surface area contributed by atoms with Crippen molar-refractivity contribution in [2.75, 3.05) is 5.32 Å². The molecule has 4 rings (SSSR count). The van der Waals surface area contributed by atoms with Gasteiger partial charge in [-0.3, -0.25) is 9.59 Å². The number of anilines is 1. The molecule has 0 radical (unpaired) electrons. The lowest BCUT2D eigenvalue weighted by Crippen LogP contribution is -2.46. The van der Waals surface area contributed by atoms with Gasteiger partial charge in [-0.2, -0.15) is 16.9 Å². The van der Waals surface area contributed by atoms with Crippen LogP contribution in [0.1, 0.15) is 56.9 Å². The van der Waals surface area contributed by atoms with Gasteiger partial charge < -0.3 is 10.6 Å². The second kappa shape index (κ2) is 8.10. The number of aromatic nitrogens is 2. The summed E-state index contributed by atoms with van der Waals surface area (Å²) in [6.45, 7) is 8.68. The van der Waals surface area contributed by atoms with Crippen LogP contribution in [0.3, 0.4) is 0 Å². The minimum atomic E-state index is -0.625. The first-order chi connectivity index (χ1) is 14.2. The molecule has 1 aliphatic carbocycles. The SMILES string of the molecule is Cc1cccc(-n2nc3c(c2NC(=O)C(=O)N[C@H]2C[C@@H](C)CC(C)(C)C2)CSC3)c1. The molecule has 30 heavy (non-hydrogen) atoms. The van der Waals surface area contributed by atoms with E-state index in [9.17, 15) is 9.59 Å². The molecule has 1 aromatic carbocycles. The van der Waals surface area contributed by atoms with Crippen LogP contribution in [0.25, 0.3) is 5.69 Å². The van der Waals surface area contributed by atoms with Gasteiger partial charge in [0.05, 0.1) is 11.4 Å². The Morgan fingerprint density at radius 2 is 2.00 bits per heavy atom. The van der Waals surface area contributed by atoms with Gasteiger partial charge >= 0.3 is 11.8 Å². The normalized spacial score (nSPS) is 22.4. The first kappa shape index (κ1) is 21.0. The zero-order valence-electron chi connectivity index (χ0n) is 18.1. The van der Waals surface area contributed by atoms with Gasteiger partial charge in [0.1, 0.15) is 5.82 Å². The van der Waals surface area contributed by atoms with E-state index >= 15 is 0 Å². The Bertz CT molecular complexity index is 982. The van der Waals surface area contributed by atoms with Crippen molar-refractivity contribution < 1.29 is 9.59 Å². The van der Waals surface area contributed by atoms with Gasteiger partial charge in [-0.1, -0.05) is 32.9 Å². The highest BCUT2D eigenvalue weighted by Crippen LogP contribution is 2.39. The van der Waals surface area contributed by atoms with E-state index < -0.39 is 11.8 Å². The standard InChI is InChI=1S/C23H30N4O2S/c1-14-6-5-7-17(9-14)27-20(18-12-30-13-19(18)26-27)25-22(29)21(28)24-16-8-15(2)10-23(3,4)11-16/h5-7,9,15-16H,8,10-13H2,1-4H3,(H,24,28)(H,25,29)/t15-,16+/m1/s1. The second-order valence-corrected chi connectivity index (χ2v) is 10.5. The summed E-state index contributed by atoms with van der Waals surface area (Å²) >= 11 is 1.77. The molecule has 160 valence electrons. The third-order valence-electron chi connectivity index (χ3n) is 5.96. The predicted molar refractivity (Wildman–Crippen MR) is 121 cm³/mol. The second-order valence-electron chi connectivity index (χ2n) is 9.56. The van der Waals surface area contributed by atoms with E-state index in [1.165, 1.54) is 0 Å². The van der Waals surface area contributed by atoms with E-state index in [0.29, 0.717) is 11.7 Å². The Balaban J connectivity index is 1.52. The van der Waals surface area contributed by atoms with E-state index in [2.05, 4.69) is 31.4 Å². The molecular weight excluding hydrogens is 396 g/mol. The summed E-state index contributed by atoms with van der Waals surface area (Å²) < 4.78 is 1.76. The minimum Gasteiger partial charge on any atom is -0.345 e. The lowest BCUT2D eigenvalue weighted by molar-refractivity contribution is -0.137. The Morgan fingerprint density at radius 3 is 2.73 bits per heavy atom. The summed E-state index contributed by atoms with van der Waals surface area (Å²) in [5, 5.41) is 10.5. The third kappa shape index (κ3) is 4.41. The average Bonchev–Trinajstić information content (AvgIpc) is 3.22. The fourth-order valence-corrected chi connectivity index (χ4v) is 5.99. The van der Waals surface area contributed by atoms with E-state index in [0.717, 1.165) is 53.3 Å². The highest BCUT2D eigenvalue weighted by molar-refractivity contribution is 7.98. The molecule has 0 bridgehead atoms. The Kier molecular flexibility index (Phi) is 5.66. The van der Waals surface area contributed by atoms with Gasteiger partial charge in [0, 0.05) is 23.1 Å². The molecule has 2 N–H and O–H groups in total. The number of carbonyl (C=O) groups is 2. The van der Waals surface area contributed by atoms with Crippen molar-refractivity contribution in [3.8, 4) is 5.69 Å². The monoisotopic (exact) mass is 426 g/mol. The molecule has 1 saturated carbocycles. The number of fused-ring (bicyclic) bond motifs is 1. The molecule has 1 aromatic heterocycles. The number of benzene rings is 1. The fourth-order valence-electron chi connectivity index (χ4n) is 4.96. The van der Waals surface area contributed by atoms with Crippen molar-refractivity contribution in [3.05, 3.63) is 41.1 Å². The molecule has 7 heteroatoms. The number of aryl methyl sites for hydroxylation is 1. The number of nitrogens with one attached hydrogen (secondary N) is 2. The number of carbonyl (C=O) groups excluding carboxylic acids is 2. The largest absolute Gasteiger partial charge is 0.345 e. The van der Waals surface area contributed by atoms with Gasteiger partial charge in [-0.05, 0) is 55.2 Å². The van der Waals surface area contributed by atoms with E-state index in [1.807, 2.05) is 31.2 Å². The molecule has 0 spiro atoms.